The molecule has 5 aromatic rings. The molecule has 7 heteroatoms. The van der Waals surface area contributed by atoms with Crippen LogP contribution in [-0.2, 0) is 6.54 Å². The Labute approximate surface area is 184 Å². The van der Waals surface area contributed by atoms with E-state index < -0.39 is 0 Å². The fraction of sp³-hybridized carbons (Fsp3) is 0.0800. The first-order valence-corrected chi connectivity index (χ1v) is 10.2. The first-order valence-electron chi connectivity index (χ1n) is 10.2. The molecule has 0 spiro atoms. The summed E-state index contributed by atoms with van der Waals surface area (Å²) >= 11 is 0. The van der Waals surface area contributed by atoms with E-state index in [9.17, 15) is 4.79 Å². The molecule has 0 aliphatic rings. The minimum atomic E-state index is -0.298. The fourth-order valence-corrected chi connectivity index (χ4v) is 3.65. The first kappa shape index (κ1) is 19.6. The van der Waals surface area contributed by atoms with Crippen molar-refractivity contribution in [1.82, 2.24) is 20.0 Å². The van der Waals surface area contributed by atoms with Crippen LogP contribution in [0.25, 0.3) is 22.0 Å². The van der Waals surface area contributed by atoms with Crippen LogP contribution in [0.5, 0.6) is 5.75 Å². The molecular weight excluding hydrogens is 402 g/mol. The maximum Gasteiger partial charge on any atom is 0.274 e. The topological polar surface area (TPSA) is 84.8 Å². The number of carbonyl (C=O) groups excluding carboxylic acids is 1. The molecule has 0 radical (unpaired) electrons. The molecule has 1 amide bonds. The van der Waals surface area contributed by atoms with Gasteiger partial charge in [0.2, 0.25) is 0 Å². The van der Waals surface area contributed by atoms with Crippen molar-refractivity contribution in [3.05, 3.63) is 96.3 Å². The maximum atomic E-state index is 12.6. The molecule has 0 fully saturated rings. The van der Waals surface area contributed by atoms with E-state index in [-0.39, 0.29) is 5.91 Å². The van der Waals surface area contributed by atoms with Crippen molar-refractivity contribution in [2.24, 2.45) is 0 Å². The predicted octanol–water partition coefficient (Wildman–Crippen LogP) is 4.74. The Morgan fingerprint density at radius 1 is 1.03 bits per heavy atom. The minimum Gasteiger partial charge on any atom is -0.497 e. The van der Waals surface area contributed by atoms with E-state index in [4.69, 9.17) is 4.74 Å². The summed E-state index contributed by atoms with van der Waals surface area (Å²) in [5.74, 6) is 0.949. The van der Waals surface area contributed by atoms with Gasteiger partial charge < -0.3 is 10.1 Å². The number of ether oxygens (including phenoxy) is 1. The van der Waals surface area contributed by atoms with E-state index in [0.29, 0.717) is 23.8 Å². The largest absolute Gasteiger partial charge is 0.497 e. The van der Waals surface area contributed by atoms with Crippen molar-refractivity contribution in [2.75, 3.05) is 12.4 Å². The number of anilines is 1. The summed E-state index contributed by atoms with van der Waals surface area (Å²) in [6.45, 7) is 0.614. The number of hydrogen-bond acceptors (Lipinski definition) is 4. The molecule has 0 saturated carbocycles. The van der Waals surface area contributed by atoms with Gasteiger partial charge in [-0.1, -0.05) is 42.5 Å². The van der Waals surface area contributed by atoms with Gasteiger partial charge in [0.15, 0.2) is 5.82 Å². The molecule has 3 aromatic carbocycles. The molecule has 0 saturated heterocycles. The van der Waals surface area contributed by atoms with Gasteiger partial charge in [0.1, 0.15) is 11.4 Å². The number of hydrogen-bond donors (Lipinski definition) is 2. The average molecular weight is 423 g/mol. The van der Waals surface area contributed by atoms with Crippen LogP contribution in [-0.4, -0.2) is 33.0 Å². The van der Waals surface area contributed by atoms with E-state index in [2.05, 4.69) is 44.9 Å². The highest BCUT2D eigenvalue weighted by Crippen LogP contribution is 2.22. The number of carbonyl (C=O) groups is 1. The number of benzene rings is 3. The van der Waals surface area contributed by atoms with Crippen LogP contribution in [0.2, 0.25) is 0 Å². The number of rotatable bonds is 6. The van der Waals surface area contributed by atoms with Crippen LogP contribution in [0, 0.1) is 0 Å². The number of methoxy groups -OCH3 is 1. The number of aromatic amines is 1. The lowest BCUT2D eigenvalue weighted by Crippen LogP contribution is -2.13. The van der Waals surface area contributed by atoms with Crippen molar-refractivity contribution in [3.63, 3.8) is 0 Å². The van der Waals surface area contributed by atoms with Crippen LogP contribution in [0.15, 0.2) is 85.1 Å². The molecule has 5 rings (SSSR count). The summed E-state index contributed by atoms with van der Waals surface area (Å²) in [5, 5.41) is 16.7. The second-order valence-electron chi connectivity index (χ2n) is 7.39. The Morgan fingerprint density at radius 3 is 2.69 bits per heavy atom. The highest BCUT2D eigenvalue weighted by molar-refractivity contribution is 6.02. The normalized spacial score (nSPS) is 10.9. The molecule has 0 bridgehead atoms. The Bertz CT molecular complexity index is 1380. The third-order valence-electron chi connectivity index (χ3n) is 5.30. The Balaban J connectivity index is 1.28. The predicted molar refractivity (Wildman–Crippen MR) is 124 cm³/mol. The molecule has 32 heavy (non-hydrogen) atoms. The third kappa shape index (κ3) is 3.96. The van der Waals surface area contributed by atoms with Gasteiger partial charge in [-0.25, -0.2) is 0 Å². The van der Waals surface area contributed by atoms with Crippen molar-refractivity contribution < 1.29 is 9.53 Å². The van der Waals surface area contributed by atoms with E-state index in [1.807, 2.05) is 53.3 Å². The molecular formula is C25H21N5O2. The van der Waals surface area contributed by atoms with Crippen LogP contribution < -0.4 is 10.1 Å². The van der Waals surface area contributed by atoms with Crippen LogP contribution in [0.1, 0.15) is 16.1 Å². The van der Waals surface area contributed by atoms with Gasteiger partial charge in [0, 0.05) is 17.8 Å². The van der Waals surface area contributed by atoms with E-state index in [1.54, 1.807) is 19.2 Å². The molecule has 158 valence electrons. The maximum absolute atomic E-state index is 12.6. The lowest BCUT2D eigenvalue weighted by atomic mass is 10.0. The number of fused-ring (bicyclic) bond motifs is 1. The zero-order valence-corrected chi connectivity index (χ0v) is 17.4. The van der Waals surface area contributed by atoms with E-state index >= 15 is 0 Å². The standard InChI is InChI=1S/C25H21N5O2/c1-32-20-11-9-18(10-12-20)22-15-23(28-27-22)25(31)26-24-13-14-30(29-24)16-19-7-4-6-17-5-2-3-8-21(17)19/h2-15H,16H2,1H3,(H,27,28)(H,26,29,31). The van der Waals surface area contributed by atoms with Gasteiger partial charge in [-0.05, 0) is 46.7 Å². The number of H-pyrrole nitrogens is 1. The van der Waals surface area contributed by atoms with E-state index in [0.717, 1.165) is 11.3 Å². The molecule has 2 aromatic heterocycles. The number of amides is 1. The van der Waals surface area contributed by atoms with Crippen molar-refractivity contribution >= 4 is 22.5 Å². The number of nitrogens with zero attached hydrogens (tertiary/aromatic N) is 3. The minimum absolute atomic E-state index is 0.298. The molecule has 0 aliphatic heterocycles. The van der Waals surface area contributed by atoms with Crippen molar-refractivity contribution in [1.29, 1.82) is 0 Å². The van der Waals surface area contributed by atoms with Gasteiger partial charge in [-0.2, -0.15) is 10.2 Å². The van der Waals surface area contributed by atoms with Crippen LogP contribution in [0.3, 0.4) is 0 Å². The first-order chi connectivity index (χ1) is 15.7. The quantitative estimate of drug-likeness (QED) is 0.413. The van der Waals surface area contributed by atoms with Crippen molar-refractivity contribution in [2.45, 2.75) is 6.54 Å². The molecule has 2 heterocycles. The second kappa shape index (κ2) is 8.39. The summed E-state index contributed by atoms with van der Waals surface area (Å²) in [7, 11) is 1.62. The van der Waals surface area contributed by atoms with Crippen LogP contribution >= 0.6 is 0 Å². The Kier molecular flexibility index (Phi) is 5.13. The zero-order chi connectivity index (χ0) is 21.9. The van der Waals surface area contributed by atoms with Gasteiger partial charge in [-0.15, -0.1) is 0 Å². The summed E-state index contributed by atoms with van der Waals surface area (Å²) in [6, 6.07) is 25.5. The van der Waals surface area contributed by atoms with Gasteiger partial charge in [-0.3, -0.25) is 14.6 Å². The molecule has 0 unspecified atom stereocenters. The van der Waals surface area contributed by atoms with Gasteiger partial charge >= 0.3 is 0 Å². The third-order valence-corrected chi connectivity index (χ3v) is 5.30. The summed E-state index contributed by atoms with van der Waals surface area (Å²) in [6.07, 6.45) is 1.85. The van der Waals surface area contributed by atoms with Crippen molar-refractivity contribution in [3.8, 4) is 17.0 Å². The Morgan fingerprint density at radius 2 is 1.84 bits per heavy atom. The van der Waals surface area contributed by atoms with E-state index in [1.165, 1.54) is 16.3 Å². The zero-order valence-electron chi connectivity index (χ0n) is 17.4. The van der Waals surface area contributed by atoms with Crippen LogP contribution in [0.4, 0.5) is 5.82 Å². The lowest BCUT2D eigenvalue weighted by Gasteiger charge is -2.06. The second-order valence-corrected chi connectivity index (χ2v) is 7.39. The molecule has 2 N–H and O–H groups in total. The molecule has 7 nitrogen and oxygen atoms in total. The summed E-state index contributed by atoms with van der Waals surface area (Å²) in [5.41, 5.74) is 3.10. The highest BCUT2D eigenvalue weighted by Gasteiger charge is 2.13. The van der Waals surface area contributed by atoms with Gasteiger partial charge in [0.05, 0.1) is 19.3 Å². The smallest absolute Gasteiger partial charge is 0.274 e. The fourth-order valence-electron chi connectivity index (χ4n) is 3.65. The Hall–Kier alpha value is -4.39. The summed E-state index contributed by atoms with van der Waals surface area (Å²) in [4.78, 5) is 12.6. The highest BCUT2D eigenvalue weighted by atomic mass is 16.5. The summed E-state index contributed by atoms with van der Waals surface area (Å²) < 4.78 is 6.99. The number of aromatic nitrogens is 4. The monoisotopic (exact) mass is 423 g/mol. The van der Waals surface area contributed by atoms with Gasteiger partial charge in [0.25, 0.3) is 5.91 Å². The lowest BCUT2D eigenvalue weighted by molar-refractivity contribution is 0.102. The average Bonchev–Trinajstić information content (AvgIpc) is 3.49. The number of nitrogens with one attached hydrogen (secondary N) is 2. The molecule has 0 atom stereocenters. The molecule has 0 aliphatic carbocycles. The SMILES string of the molecule is COc1ccc(-c2cc(C(=O)Nc3ccn(Cc4cccc5ccccc45)n3)[nH]n2)cc1.